The summed E-state index contributed by atoms with van der Waals surface area (Å²) in [5.74, 6) is -0.156. The van der Waals surface area contributed by atoms with Gasteiger partial charge in [0.1, 0.15) is 5.15 Å². The van der Waals surface area contributed by atoms with Gasteiger partial charge in [-0.1, -0.05) is 48.9 Å². The molecule has 2 rings (SSSR count). The van der Waals surface area contributed by atoms with E-state index >= 15 is 0 Å². The van der Waals surface area contributed by atoms with Crippen molar-refractivity contribution < 1.29 is 4.79 Å². The fourth-order valence-corrected chi connectivity index (χ4v) is 3.33. The number of hydrogen-bond donors (Lipinski definition) is 1. The number of rotatable bonds is 4. The summed E-state index contributed by atoms with van der Waals surface area (Å²) in [6.07, 6.45) is 8.66. The van der Waals surface area contributed by atoms with E-state index in [1.165, 1.54) is 31.9 Å². The molecule has 6 heteroatoms. The summed E-state index contributed by atoms with van der Waals surface area (Å²) >= 11 is 11.7. The molecule has 1 heterocycles. The van der Waals surface area contributed by atoms with E-state index < -0.39 is 0 Å². The maximum Gasteiger partial charge on any atom is 0.252 e. The van der Waals surface area contributed by atoms with Crippen LogP contribution < -0.4 is 5.32 Å². The van der Waals surface area contributed by atoms with Gasteiger partial charge in [-0.3, -0.25) is 4.79 Å². The van der Waals surface area contributed by atoms with Gasteiger partial charge >= 0.3 is 0 Å². The molecule has 1 fully saturated rings. The largest absolute Gasteiger partial charge is 0.350 e. The molecule has 0 aliphatic heterocycles. The van der Waals surface area contributed by atoms with Crippen molar-refractivity contribution in [3.63, 3.8) is 0 Å². The first-order chi connectivity index (χ1) is 10.4. The molecule has 1 amide bonds. The zero-order chi connectivity index (χ0) is 16.2. The number of halogens is 2. The lowest BCUT2D eigenvalue weighted by molar-refractivity contribution is 0.0869. The third-order valence-corrected chi connectivity index (χ3v) is 5.31. The lowest BCUT2D eigenvalue weighted by Crippen LogP contribution is -2.52. The number of aromatic nitrogens is 1. The van der Waals surface area contributed by atoms with Gasteiger partial charge in [0, 0.05) is 18.3 Å². The number of carbonyl (C=O) groups excluding carboxylic acids is 1. The predicted molar refractivity (Wildman–Crippen MR) is 90.7 cm³/mol. The Bertz CT molecular complexity index is 526. The molecular formula is C16H23Cl2N3O. The smallest absolute Gasteiger partial charge is 0.252 e. The van der Waals surface area contributed by atoms with E-state index in [9.17, 15) is 4.79 Å². The van der Waals surface area contributed by atoms with Gasteiger partial charge < -0.3 is 10.2 Å². The minimum atomic E-state index is -0.156. The lowest BCUT2D eigenvalue weighted by atomic mass is 9.88. The Hall–Kier alpha value is -0.840. The van der Waals surface area contributed by atoms with Gasteiger partial charge in [0.25, 0.3) is 5.91 Å². The van der Waals surface area contributed by atoms with E-state index in [1.54, 1.807) is 6.07 Å². The molecule has 1 aromatic rings. The standard InChI is InChI=1S/C16H23Cl2N3O/c1-21(2)16(7-5-3-4-6-8-16)11-20-15(22)12-9-13(17)14(18)19-10-12/h9-10H,3-8,11H2,1-2H3,(H,20,22). The highest BCUT2D eigenvalue weighted by Gasteiger charge is 2.33. The molecule has 1 aliphatic carbocycles. The Morgan fingerprint density at radius 3 is 2.45 bits per heavy atom. The molecule has 0 radical (unpaired) electrons. The quantitative estimate of drug-likeness (QED) is 0.668. The van der Waals surface area contributed by atoms with Gasteiger partial charge in [0.15, 0.2) is 0 Å². The normalized spacial score (nSPS) is 18.0. The molecule has 0 aromatic carbocycles. The highest BCUT2D eigenvalue weighted by molar-refractivity contribution is 6.41. The van der Waals surface area contributed by atoms with Crippen molar-refractivity contribution in [2.24, 2.45) is 0 Å². The van der Waals surface area contributed by atoms with Crippen molar-refractivity contribution in [3.8, 4) is 0 Å². The summed E-state index contributed by atoms with van der Waals surface area (Å²) in [7, 11) is 4.19. The van der Waals surface area contributed by atoms with Crippen LogP contribution in [0.1, 0.15) is 48.9 Å². The van der Waals surface area contributed by atoms with Crippen molar-refractivity contribution in [1.82, 2.24) is 15.2 Å². The molecule has 1 aromatic heterocycles. The molecule has 0 atom stereocenters. The molecule has 22 heavy (non-hydrogen) atoms. The van der Waals surface area contributed by atoms with Crippen LogP contribution in [-0.4, -0.2) is 42.0 Å². The lowest BCUT2D eigenvalue weighted by Gasteiger charge is -2.39. The van der Waals surface area contributed by atoms with E-state index in [4.69, 9.17) is 23.2 Å². The van der Waals surface area contributed by atoms with Crippen LogP contribution in [0.2, 0.25) is 10.2 Å². The summed E-state index contributed by atoms with van der Waals surface area (Å²) < 4.78 is 0. The van der Waals surface area contributed by atoms with Gasteiger partial charge in [-0.15, -0.1) is 0 Å². The van der Waals surface area contributed by atoms with Crippen LogP contribution in [0.25, 0.3) is 0 Å². The van der Waals surface area contributed by atoms with E-state index in [1.807, 2.05) is 0 Å². The number of likely N-dealkylation sites (N-methyl/N-ethyl adjacent to an activating group) is 1. The highest BCUT2D eigenvalue weighted by Crippen LogP contribution is 2.30. The first-order valence-corrected chi connectivity index (χ1v) is 8.47. The third-order valence-electron chi connectivity index (χ3n) is 4.62. The fraction of sp³-hybridized carbons (Fsp3) is 0.625. The predicted octanol–water partition coefficient (Wildman–Crippen LogP) is 3.77. The van der Waals surface area contributed by atoms with Crippen LogP contribution in [0.4, 0.5) is 0 Å². The summed E-state index contributed by atoms with van der Waals surface area (Å²) in [5.41, 5.74) is 0.479. The SMILES string of the molecule is CN(C)C1(CNC(=O)c2cnc(Cl)c(Cl)c2)CCCCCC1. The van der Waals surface area contributed by atoms with Crippen LogP contribution in [0.5, 0.6) is 0 Å². The summed E-state index contributed by atoms with van der Waals surface area (Å²) in [6, 6.07) is 1.56. The maximum atomic E-state index is 12.3. The number of pyridine rings is 1. The van der Waals surface area contributed by atoms with Crippen molar-refractivity contribution in [2.45, 2.75) is 44.1 Å². The second kappa shape index (κ2) is 7.62. The van der Waals surface area contributed by atoms with E-state index in [0.29, 0.717) is 17.1 Å². The molecule has 4 nitrogen and oxygen atoms in total. The molecular weight excluding hydrogens is 321 g/mol. The first kappa shape index (κ1) is 17.5. The van der Waals surface area contributed by atoms with Crippen LogP contribution in [0.3, 0.4) is 0 Å². The summed E-state index contributed by atoms with van der Waals surface area (Å²) in [6.45, 7) is 0.638. The van der Waals surface area contributed by atoms with Crippen LogP contribution >= 0.6 is 23.2 Å². The van der Waals surface area contributed by atoms with Gasteiger partial charge in [-0.2, -0.15) is 0 Å². The summed E-state index contributed by atoms with van der Waals surface area (Å²) in [5, 5.41) is 3.55. The van der Waals surface area contributed by atoms with Gasteiger partial charge in [0.2, 0.25) is 0 Å². The van der Waals surface area contributed by atoms with E-state index in [2.05, 4.69) is 29.3 Å². The number of hydrogen-bond acceptors (Lipinski definition) is 3. The molecule has 1 N–H and O–H groups in total. The second-order valence-corrected chi connectivity index (χ2v) is 6.98. The van der Waals surface area contributed by atoms with Crippen LogP contribution in [0, 0.1) is 0 Å². The van der Waals surface area contributed by atoms with Crippen molar-refractivity contribution in [1.29, 1.82) is 0 Å². The molecule has 1 aliphatic rings. The first-order valence-electron chi connectivity index (χ1n) is 7.71. The molecule has 0 spiro atoms. The average Bonchev–Trinajstić information content (AvgIpc) is 2.74. The minimum Gasteiger partial charge on any atom is -0.350 e. The molecule has 0 saturated heterocycles. The van der Waals surface area contributed by atoms with Gasteiger partial charge in [-0.25, -0.2) is 4.98 Å². The van der Waals surface area contributed by atoms with Gasteiger partial charge in [-0.05, 0) is 33.0 Å². The topological polar surface area (TPSA) is 45.2 Å². The average molecular weight is 344 g/mol. The fourth-order valence-electron chi connectivity index (χ4n) is 3.06. The Kier molecular flexibility index (Phi) is 6.07. The Labute approximate surface area is 142 Å². The summed E-state index contributed by atoms with van der Waals surface area (Å²) in [4.78, 5) is 18.5. The van der Waals surface area contributed by atoms with Crippen molar-refractivity contribution >= 4 is 29.1 Å². The maximum absolute atomic E-state index is 12.3. The number of nitrogens with zero attached hydrogens (tertiary/aromatic N) is 2. The number of carbonyl (C=O) groups is 1. The molecule has 0 unspecified atom stereocenters. The van der Waals surface area contributed by atoms with E-state index in [0.717, 1.165) is 12.8 Å². The minimum absolute atomic E-state index is 0.0375. The van der Waals surface area contributed by atoms with E-state index in [-0.39, 0.29) is 16.6 Å². The highest BCUT2D eigenvalue weighted by atomic mass is 35.5. The molecule has 0 bridgehead atoms. The zero-order valence-corrected chi connectivity index (χ0v) is 14.7. The monoisotopic (exact) mass is 343 g/mol. The third kappa shape index (κ3) is 4.12. The van der Waals surface area contributed by atoms with Crippen molar-refractivity contribution in [2.75, 3.05) is 20.6 Å². The Balaban J connectivity index is 2.05. The number of nitrogens with one attached hydrogen (secondary N) is 1. The molecule has 122 valence electrons. The Morgan fingerprint density at radius 2 is 1.91 bits per heavy atom. The Morgan fingerprint density at radius 1 is 1.27 bits per heavy atom. The van der Waals surface area contributed by atoms with Crippen molar-refractivity contribution in [3.05, 3.63) is 28.0 Å². The van der Waals surface area contributed by atoms with Crippen LogP contribution in [0.15, 0.2) is 12.3 Å². The second-order valence-electron chi connectivity index (χ2n) is 6.21. The number of amides is 1. The van der Waals surface area contributed by atoms with Gasteiger partial charge in [0.05, 0.1) is 10.6 Å². The zero-order valence-electron chi connectivity index (χ0n) is 13.2. The van der Waals surface area contributed by atoms with Crippen LogP contribution in [-0.2, 0) is 0 Å². The molecule has 1 saturated carbocycles.